The molecule has 0 fully saturated rings. The van der Waals surface area contributed by atoms with E-state index >= 15 is 0 Å². The number of aldehydes is 1. The summed E-state index contributed by atoms with van der Waals surface area (Å²) in [6.07, 6.45) is 5.90. The van der Waals surface area contributed by atoms with Crippen LogP contribution in [0.1, 0.15) is 21.5 Å². The van der Waals surface area contributed by atoms with Gasteiger partial charge in [0.1, 0.15) is 23.7 Å². The summed E-state index contributed by atoms with van der Waals surface area (Å²) in [5, 5.41) is 15.0. The third-order valence-corrected chi connectivity index (χ3v) is 5.17. The number of pyridine rings is 1. The van der Waals surface area contributed by atoms with Crippen LogP contribution in [-0.2, 0) is 0 Å². The number of H-pyrrole nitrogens is 1. The van der Waals surface area contributed by atoms with E-state index in [2.05, 4.69) is 27.4 Å². The lowest BCUT2D eigenvalue weighted by molar-refractivity contribution is 0.112. The Kier molecular flexibility index (Phi) is 4.08. The highest BCUT2D eigenvalue weighted by Gasteiger charge is 2.16. The molecular weight excluding hydrogens is 376 g/mol. The first-order valence-corrected chi connectivity index (χ1v) is 9.38. The van der Waals surface area contributed by atoms with Crippen LogP contribution in [0, 0.1) is 18.3 Å². The summed E-state index contributed by atoms with van der Waals surface area (Å²) in [4.78, 5) is 18.5. The molecule has 3 heterocycles. The van der Waals surface area contributed by atoms with Crippen molar-refractivity contribution in [2.75, 3.05) is 5.32 Å². The number of hydrogen-bond donors (Lipinski definition) is 2. The molecule has 5 aromatic rings. The molecule has 0 amide bonds. The number of aryl methyl sites for hydroxylation is 1. The molecule has 3 aromatic heterocycles. The van der Waals surface area contributed by atoms with Gasteiger partial charge in [-0.05, 0) is 55.0 Å². The molecule has 0 bridgehead atoms. The second-order valence-electron chi connectivity index (χ2n) is 7.10. The van der Waals surface area contributed by atoms with Crippen molar-refractivity contribution in [2.24, 2.45) is 0 Å². The van der Waals surface area contributed by atoms with E-state index < -0.39 is 0 Å². The zero-order chi connectivity index (χ0) is 20.7. The van der Waals surface area contributed by atoms with Gasteiger partial charge in [-0.1, -0.05) is 0 Å². The number of anilines is 2. The Morgan fingerprint density at radius 3 is 2.87 bits per heavy atom. The molecule has 0 aliphatic heterocycles. The van der Waals surface area contributed by atoms with Crippen LogP contribution in [0.5, 0.6) is 0 Å². The number of nitrogens with one attached hydrogen (secondary N) is 2. The lowest BCUT2D eigenvalue weighted by atomic mass is 10.1. The van der Waals surface area contributed by atoms with E-state index in [0.717, 1.165) is 33.8 Å². The van der Waals surface area contributed by atoms with Gasteiger partial charge in [-0.3, -0.25) is 9.78 Å². The highest BCUT2D eigenvalue weighted by molar-refractivity contribution is 5.93. The molecule has 30 heavy (non-hydrogen) atoms. The maximum atomic E-state index is 11.1. The maximum Gasteiger partial charge on any atom is 0.150 e. The van der Waals surface area contributed by atoms with E-state index in [1.54, 1.807) is 24.4 Å². The number of nitriles is 1. The zero-order valence-electron chi connectivity index (χ0n) is 16.1. The predicted molar refractivity (Wildman–Crippen MR) is 116 cm³/mol. The first-order chi connectivity index (χ1) is 14.7. The van der Waals surface area contributed by atoms with Gasteiger partial charge in [-0.25, -0.2) is 0 Å². The largest absolute Gasteiger partial charge is 0.456 e. The standard InChI is InChI=1S/C24H16N4O2/c1-14-6-21-16(4-5-27-21)8-20(14)28-24-18(10-25)11-26-12-19(24)23-9-17-7-15(13-29)2-3-22(17)30-23/h2-9,11-13,27H,1H3,(H,26,28). The third-order valence-electron chi connectivity index (χ3n) is 5.17. The fraction of sp³-hybridized carbons (Fsp3) is 0.0417. The third kappa shape index (κ3) is 2.90. The van der Waals surface area contributed by atoms with E-state index in [-0.39, 0.29) is 0 Å². The van der Waals surface area contributed by atoms with Crippen molar-refractivity contribution in [3.8, 4) is 17.4 Å². The fourth-order valence-corrected chi connectivity index (χ4v) is 3.61. The molecule has 0 saturated carbocycles. The van der Waals surface area contributed by atoms with Crippen molar-refractivity contribution >= 4 is 39.5 Å². The molecule has 0 saturated heterocycles. The van der Waals surface area contributed by atoms with Gasteiger partial charge < -0.3 is 14.7 Å². The van der Waals surface area contributed by atoms with Crippen molar-refractivity contribution < 1.29 is 9.21 Å². The predicted octanol–water partition coefficient (Wildman–Crippen LogP) is 5.71. The van der Waals surface area contributed by atoms with Crippen molar-refractivity contribution in [1.29, 1.82) is 5.26 Å². The van der Waals surface area contributed by atoms with Crippen LogP contribution < -0.4 is 5.32 Å². The molecule has 144 valence electrons. The second kappa shape index (κ2) is 6.90. The minimum absolute atomic E-state index is 0.412. The molecule has 0 aliphatic rings. The van der Waals surface area contributed by atoms with Crippen LogP contribution in [0.2, 0.25) is 0 Å². The van der Waals surface area contributed by atoms with Crippen molar-refractivity contribution in [3.05, 3.63) is 77.7 Å². The van der Waals surface area contributed by atoms with E-state index in [0.29, 0.717) is 33.7 Å². The Morgan fingerprint density at radius 2 is 2.03 bits per heavy atom. The lowest BCUT2D eigenvalue weighted by Gasteiger charge is -2.14. The van der Waals surface area contributed by atoms with Gasteiger partial charge in [0.25, 0.3) is 0 Å². The van der Waals surface area contributed by atoms with Crippen LogP contribution >= 0.6 is 0 Å². The van der Waals surface area contributed by atoms with Crippen LogP contribution in [0.3, 0.4) is 0 Å². The van der Waals surface area contributed by atoms with Crippen molar-refractivity contribution in [2.45, 2.75) is 6.92 Å². The number of hydrogen-bond acceptors (Lipinski definition) is 5. The lowest BCUT2D eigenvalue weighted by Crippen LogP contribution is -1.99. The minimum atomic E-state index is 0.412. The average molecular weight is 392 g/mol. The number of aromatic amines is 1. The van der Waals surface area contributed by atoms with E-state index in [1.807, 2.05) is 31.3 Å². The second-order valence-corrected chi connectivity index (χ2v) is 7.10. The molecule has 0 atom stereocenters. The smallest absolute Gasteiger partial charge is 0.150 e. The Morgan fingerprint density at radius 1 is 1.13 bits per heavy atom. The molecule has 2 N–H and O–H groups in total. The number of carbonyl (C=O) groups excluding carboxylic acids is 1. The number of carbonyl (C=O) groups is 1. The maximum absolute atomic E-state index is 11.1. The van der Waals surface area contributed by atoms with E-state index in [4.69, 9.17) is 4.42 Å². The van der Waals surface area contributed by atoms with Crippen LogP contribution in [0.25, 0.3) is 33.2 Å². The Bertz CT molecular complexity index is 1470. The van der Waals surface area contributed by atoms with Gasteiger partial charge in [0.2, 0.25) is 0 Å². The number of rotatable bonds is 4. The van der Waals surface area contributed by atoms with Gasteiger partial charge in [-0.15, -0.1) is 0 Å². The van der Waals surface area contributed by atoms with Gasteiger partial charge in [0.15, 0.2) is 0 Å². The quantitative estimate of drug-likeness (QED) is 0.382. The van der Waals surface area contributed by atoms with Gasteiger partial charge >= 0.3 is 0 Å². The molecule has 6 heteroatoms. The number of benzene rings is 2. The summed E-state index contributed by atoms with van der Waals surface area (Å²) in [6.45, 7) is 2.01. The summed E-state index contributed by atoms with van der Waals surface area (Å²) in [7, 11) is 0. The average Bonchev–Trinajstić information content (AvgIpc) is 3.39. The van der Waals surface area contributed by atoms with Gasteiger partial charge in [-0.2, -0.15) is 5.26 Å². The summed E-state index contributed by atoms with van der Waals surface area (Å²) in [5.41, 5.74) is 5.93. The molecule has 0 unspecified atom stereocenters. The normalized spacial score (nSPS) is 10.9. The van der Waals surface area contributed by atoms with Crippen molar-refractivity contribution in [3.63, 3.8) is 0 Å². The highest BCUT2D eigenvalue weighted by atomic mass is 16.3. The molecule has 2 aromatic carbocycles. The number of furan rings is 1. The van der Waals surface area contributed by atoms with Crippen LogP contribution in [0.15, 0.2) is 65.5 Å². The fourth-order valence-electron chi connectivity index (χ4n) is 3.61. The molecular formula is C24H16N4O2. The Hall–Kier alpha value is -4.37. The number of fused-ring (bicyclic) bond motifs is 2. The SMILES string of the molecule is Cc1cc2[nH]ccc2cc1Nc1c(C#N)cncc1-c1cc2cc(C=O)ccc2o1. The number of nitrogens with zero attached hydrogens (tertiary/aromatic N) is 2. The summed E-state index contributed by atoms with van der Waals surface area (Å²) in [6, 6.07) is 15.4. The summed E-state index contributed by atoms with van der Waals surface area (Å²) < 4.78 is 6.01. The summed E-state index contributed by atoms with van der Waals surface area (Å²) >= 11 is 0. The Balaban J connectivity index is 1.66. The minimum Gasteiger partial charge on any atom is -0.456 e. The zero-order valence-corrected chi connectivity index (χ0v) is 16.1. The highest BCUT2D eigenvalue weighted by Crippen LogP contribution is 2.37. The van der Waals surface area contributed by atoms with E-state index in [1.165, 1.54) is 6.20 Å². The van der Waals surface area contributed by atoms with Crippen molar-refractivity contribution in [1.82, 2.24) is 9.97 Å². The molecule has 0 aliphatic carbocycles. The van der Waals surface area contributed by atoms with Gasteiger partial charge in [0, 0.05) is 46.1 Å². The van der Waals surface area contributed by atoms with Crippen LogP contribution in [0.4, 0.5) is 11.4 Å². The topological polar surface area (TPSA) is 94.7 Å². The first-order valence-electron chi connectivity index (χ1n) is 9.38. The first kappa shape index (κ1) is 17.7. The number of aromatic nitrogens is 2. The van der Waals surface area contributed by atoms with E-state index in [9.17, 15) is 10.1 Å². The Labute approximate surface area is 171 Å². The van der Waals surface area contributed by atoms with Crippen LogP contribution in [-0.4, -0.2) is 16.3 Å². The van der Waals surface area contributed by atoms with Gasteiger partial charge in [0.05, 0.1) is 16.8 Å². The molecule has 0 radical (unpaired) electrons. The molecule has 5 rings (SSSR count). The molecule has 6 nitrogen and oxygen atoms in total. The summed E-state index contributed by atoms with van der Waals surface area (Å²) in [5.74, 6) is 0.570. The molecule has 0 spiro atoms. The monoisotopic (exact) mass is 392 g/mol.